The third-order valence-electron chi connectivity index (χ3n) is 3.63. The highest BCUT2D eigenvalue weighted by Gasteiger charge is 1.97. The first-order chi connectivity index (χ1) is 12.2. The average molecular weight is 355 g/mol. The van der Waals surface area contributed by atoms with Gasteiger partial charge in [0.05, 0.1) is 6.61 Å². The Morgan fingerprint density at radius 2 is 1.24 bits per heavy atom. The van der Waals surface area contributed by atoms with Gasteiger partial charge in [-0.25, -0.2) is 0 Å². The van der Waals surface area contributed by atoms with Crippen molar-refractivity contribution in [2.24, 2.45) is 0 Å². The normalized spacial score (nSPS) is 10.9. The van der Waals surface area contributed by atoms with Crippen LogP contribution in [0.4, 0.5) is 0 Å². The third kappa shape index (κ3) is 28.0. The van der Waals surface area contributed by atoms with E-state index in [-0.39, 0.29) is 5.97 Å². The quantitative estimate of drug-likeness (QED) is 0.211. The van der Waals surface area contributed by atoms with Gasteiger partial charge in [-0.3, -0.25) is 4.79 Å². The van der Waals surface area contributed by atoms with E-state index in [1.165, 1.54) is 44.9 Å². The lowest BCUT2D eigenvalue weighted by atomic mass is 10.2. The van der Waals surface area contributed by atoms with Crippen LogP contribution in [0.1, 0.15) is 97.8 Å². The molecule has 0 atom stereocenters. The number of ether oxygens (including phenoxy) is 1. The molecule has 0 aliphatic rings. The summed E-state index contributed by atoms with van der Waals surface area (Å²) < 4.78 is 4.81. The van der Waals surface area contributed by atoms with Gasteiger partial charge in [0.1, 0.15) is 0 Å². The van der Waals surface area contributed by atoms with Gasteiger partial charge >= 0.3 is 5.97 Å². The molecule has 0 aliphatic heterocycles. The molecule has 0 aromatic carbocycles. The number of carbonyl (C=O) groups excluding carboxylic acids is 1. The van der Waals surface area contributed by atoms with Crippen LogP contribution in [0.2, 0.25) is 0 Å². The van der Waals surface area contributed by atoms with Crippen LogP contribution in [-0.2, 0) is 9.53 Å². The van der Waals surface area contributed by atoms with E-state index in [1.54, 1.807) is 0 Å². The number of hydrogen-bond acceptors (Lipinski definition) is 3. The summed E-state index contributed by atoms with van der Waals surface area (Å²) in [5, 5.41) is 8.47. The van der Waals surface area contributed by atoms with Gasteiger partial charge in [-0.2, -0.15) is 0 Å². The first kappa shape index (κ1) is 26.1. The van der Waals surface area contributed by atoms with Gasteiger partial charge in [-0.1, -0.05) is 63.8 Å². The van der Waals surface area contributed by atoms with Crippen molar-refractivity contribution in [1.29, 1.82) is 0 Å². The van der Waals surface area contributed by atoms with Gasteiger partial charge in [0.15, 0.2) is 0 Å². The van der Waals surface area contributed by atoms with Crippen molar-refractivity contribution in [1.82, 2.24) is 0 Å². The molecule has 0 aromatic heterocycles. The van der Waals surface area contributed by atoms with E-state index in [2.05, 4.69) is 38.2 Å². The minimum atomic E-state index is -0.0919. The molecule has 3 heteroatoms. The van der Waals surface area contributed by atoms with Gasteiger partial charge < -0.3 is 9.84 Å². The maximum atomic E-state index is 10.9. The van der Waals surface area contributed by atoms with Crippen LogP contribution >= 0.6 is 0 Å². The fourth-order valence-electron chi connectivity index (χ4n) is 2.14. The van der Waals surface area contributed by atoms with Gasteiger partial charge in [0.2, 0.25) is 0 Å². The molecular formula is C22H42O3. The van der Waals surface area contributed by atoms with Crippen LogP contribution in [0.25, 0.3) is 0 Å². The zero-order valence-corrected chi connectivity index (χ0v) is 17.0. The van der Waals surface area contributed by atoms with Crippen molar-refractivity contribution in [2.75, 3.05) is 13.2 Å². The van der Waals surface area contributed by atoms with E-state index in [9.17, 15) is 4.79 Å². The zero-order valence-electron chi connectivity index (χ0n) is 17.0. The Labute approximate surface area is 156 Å². The number of unbranched alkanes of at least 4 members (excludes halogenated alkanes) is 7. The van der Waals surface area contributed by atoms with Gasteiger partial charge in [0.25, 0.3) is 0 Å². The summed E-state index contributed by atoms with van der Waals surface area (Å²) in [6.45, 7) is 7.05. The molecule has 0 spiro atoms. The predicted molar refractivity (Wildman–Crippen MR) is 109 cm³/mol. The Balaban J connectivity index is 0. The molecule has 0 unspecified atom stereocenters. The van der Waals surface area contributed by atoms with Crippen molar-refractivity contribution in [3.05, 3.63) is 24.3 Å². The standard InChI is InChI=1S/C12H22O2.C10H20O/c1-3-5-6-7-8-9-10-11-12(13)14-4-2;1-2-3-4-5-6-7-8-9-10-11/h8-9H,3-7,10-11H2,1-2H3;6-7,11H,2-5,8-10H2,1H3/b9-8+;7-6+. The maximum Gasteiger partial charge on any atom is 0.306 e. The lowest BCUT2D eigenvalue weighted by Gasteiger charge is -1.98. The second kappa shape index (κ2) is 25.2. The molecule has 1 N–H and O–H groups in total. The molecule has 0 bridgehead atoms. The Morgan fingerprint density at radius 1 is 0.760 bits per heavy atom. The summed E-state index contributed by atoms with van der Waals surface area (Å²) in [5.74, 6) is -0.0919. The number of allylic oxidation sites excluding steroid dienone is 4. The molecule has 25 heavy (non-hydrogen) atoms. The Hall–Kier alpha value is -1.09. The number of carbonyl (C=O) groups is 1. The van der Waals surface area contributed by atoms with E-state index >= 15 is 0 Å². The first-order valence-electron chi connectivity index (χ1n) is 10.3. The number of hydrogen-bond donors (Lipinski definition) is 1. The zero-order chi connectivity index (χ0) is 19.0. The summed E-state index contributed by atoms with van der Waals surface area (Å²) >= 11 is 0. The third-order valence-corrected chi connectivity index (χ3v) is 3.63. The van der Waals surface area contributed by atoms with Crippen molar-refractivity contribution in [3.63, 3.8) is 0 Å². The molecule has 0 heterocycles. The van der Waals surface area contributed by atoms with Crippen molar-refractivity contribution < 1.29 is 14.6 Å². The van der Waals surface area contributed by atoms with Gasteiger partial charge in [-0.15, -0.1) is 0 Å². The van der Waals surface area contributed by atoms with Crippen molar-refractivity contribution in [2.45, 2.75) is 97.8 Å². The maximum absolute atomic E-state index is 10.9. The van der Waals surface area contributed by atoms with Crippen LogP contribution in [0.3, 0.4) is 0 Å². The van der Waals surface area contributed by atoms with E-state index in [1.807, 2.05) is 6.92 Å². The minimum Gasteiger partial charge on any atom is -0.466 e. The van der Waals surface area contributed by atoms with E-state index in [0.29, 0.717) is 19.6 Å². The summed E-state index contributed by atoms with van der Waals surface area (Å²) in [5.41, 5.74) is 0. The monoisotopic (exact) mass is 354 g/mol. The van der Waals surface area contributed by atoms with Crippen LogP contribution in [0, 0.1) is 0 Å². The lowest BCUT2D eigenvalue weighted by molar-refractivity contribution is -0.143. The molecule has 0 radical (unpaired) electrons. The highest BCUT2D eigenvalue weighted by Crippen LogP contribution is 2.02. The fraction of sp³-hybridized carbons (Fsp3) is 0.773. The number of aliphatic hydroxyl groups is 1. The lowest BCUT2D eigenvalue weighted by Crippen LogP contribution is -2.02. The van der Waals surface area contributed by atoms with Crippen LogP contribution in [-0.4, -0.2) is 24.3 Å². The smallest absolute Gasteiger partial charge is 0.306 e. The second-order valence-electron chi connectivity index (χ2n) is 6.14. The largest absolute Gasteiger partial charge is 0.466 e. The molecule has 0 amide bonds. The molecule has 0 aliphatic carbocycles. The summed E-state index contributed by atoms with van der Waals surface area (Å²) in [4.78, 5) is 10.9. The van der Waals surface area contributed by atoms with E-state index < -0.39 is 0 Å². The molecule has 3 nitrogen and oxygen atoms in total. The molecular weight excluding hydrogens is 312 g/mol. The highest BCUT2D eigenvalue weighted by atomic mass is 16.5. The summed E-state index contributed by atoms with van der Waals surface area (Å²) in [6, 6.07) is 0. The first-order valence-corrected chi connectivity index (χ1v) is 10.3. The second-order valence-corrected chi connectivity index (χ2v) is 6.14. The summed E-state index contributed by atoms with van der Waals surface area (Å²) in [6.07, 6.45) is 22.0. The molecule has 0 saturated heterocycles. The topological polar surface area (TPSA) is 46.5 Å². The van der Waals surface area contributed by atoms with Crippen LogP contribution in [0.15, 0.2) is 24.3 Å². The predicted octanol–water partition coefficient (Wildman–Crippen LogP) is 6.36. The Bertz CT molecular complexity index is 308. The SMILES string of the molecule is CCCCC/C=C/CCC(=O)OCC.CCCCC/C=C/CCCO. The molecule has 0 fully saturated rings. The average Bonchev–Trinajstić information content (AvgIpc) is 2.61. The number of rotatable bonds is 15. The van der Waals surface area contributed by atoms with E-state index in [0.717, 1.165) is 25.7 Å². The van der Waals surface area contributed by atoms with E-state index in [4.69, 9.17) is 9.84 Å². The molecule has 148 valence electrons. The van der Waals surface area contributed by atoms with Crippen LogP contribution in [0.5, 0.6) is 0 Å². The molecule has 0 saturated carbocycles. The highest BCUT2D eigenvalue weighted by molar-refractivity contribution is 5.69. The number of esters is 1. The molecule has 0 rings (SSSR count). The van der Waals surface area contributed by atoms with Crippen molar-refractivity contribution >= 4 is 5.97 Å². The Morgan fingerprint density at radius 3 is 1.68 bits per heavy atom. The summed E-state index contributed by atoms with van der Waals surface area (Å²) in [7, 11) is 0. The van der Waals surface area contributed by atoms with Gasteiger partial charge in [-0.05, 0) is 51.9 Å². The minimum absolute atomic E-state index is 0.0919. The molecule has 0 aromatic rings. The van der Waals surface area contributed by atoms with Gasteiger partial charge in [0, 0.05) is 13.0 Å². The Kier molecular flexibility index (Phi) is 26.3. The van der Waals surface area contributed by atoms with Crippen molar-refractivity contribution in [3.8, 4) is 0 Å². The number of aliphatic hydroxyl groups excluding tert-OH is 1. The van der Waals surface area contributed by atoms with Crippen LogP contribution < -0.4 is 0 Å². The fourth-order valence-corrected chi connectivity index (χ4v) is 2.14.